The van der Waals surface area contributed by atoms with Gasteiger partial charge >= 0.3 is 0 Å². The van der Waals surface area contributed by atoms with Crippen LogP contribution >= 0.6 is 23.1 Å². The highest BCUT2D eigenvalue weighted by atomic mass is 32.2. The molecule has 10 aromatic rings. The fraction of sp³-hybridized carbons (Fsp3) is 0.0517. The standard InChI is InChI=1S/C58H40B2N2S2Si/c1-36-28-37(2)56(38(3)29-36)59-46-32-43(65(40-16-7-4-8-17-40,41-18-9-5-10-19-41)42-20-11-6-12-21-42)26-27-50(46)62-51-23-15-25-53-57(51)60(49-31-39(35-61)30-48(59)58(49)62)47-34-54-45(33-55(47)64-53)44-22-13-14-24-52(44)63-54/h4-34H,1-3H3. The smallest absolute Gasteiger partial charge is 0.249 e. The molecular weight excluding hydrogens is 838 g/mol. The van der Waals surface area contributed by atoms with Crippen LogP contribution in [0.2, 0.25) is 0 Å². The van der Waals surface area contributed by atoms with Crippen LogP contribution in [-0.4, -0.2) is 21.5 Å². The molecule has 0 aliphatic carbocycles. The Hall–Kier alpha value is -6.81. The molecule has 7 heteroatoms. The van der Waals surface area contributed by atoms with E-state index in [1.165, 1.54) is 117 Å². The Balaban J connectivity index is 1.14. The fourth-order valence-corrected chi connectivity index (χ4v) is 19.1. The predicted molar refractivity (Wildman–Crippen MR) is 283 cm³/mol. The second kappa shape index (κ2) is 14.6. The summed E-state index contributed by atoms with van der Waals surface area (Å²) in [5.41, 5.74) is 15.8. The highest BCUT2D eigenvalue weighted by molar-refractivity contribution is 8.00. The summed E-state index contributed by atoms with van der Waals surface area (Å²) in [6.07, 6.45) is 0. The lowest BCUT2D eigenvalue weighted by Gasteiger charge is -2.46. The highest BCUT2D eigenvalue weighted by Gasteiger charge is 2.49. The summed E-state index contributed by atoms with van der Waals surface area (Å²) in [6.45, 7) is 6.63. The minimum absolute atomic E-state index is 0.0265. The number of anilines is 3. The molecule has 0 bridgehead atoms. The average Bonchev–Trinajstić information content (AvgIpc) is 3.70. The first-order chi connectivity index (χ1) is 31.9. The van der Waals surface area contributed by atoms with Crippen molar-refractivity contribution in [1.29, 1.82) is 5.26 Å². The van der Waals surface area contributed by atoms with E-state index in [-0.39, 0.29) is 13.4 Å². The third-order valence-electron chi connectivity index (χ3n) is 14.4. The molecule has 0 saturated heterocycles. The first-order valence-electron chi connectivity index (χ1n) is 22.4. The third-order valence-corrected chi connectivity index (χ3v) is 21.5. The molecule has 304 valence electrons. The van der Waals surface area contributed by atoms with Crippen LogP contribution in [0.5, 0.6) is 0 Å². The third kappa shape index (κ3) is 5.55. The summed E-state index contributed by atoms with van der Waals surface area (Å²) in [5, 5.41) is 19.1. The summed E-state index contributed by atoms with van der Waals surface area (Å²) in [5.74, 6) is 0. The van der Waals surface area contributed by atoms with Gasteiger partial charge in [-0.3, -0.25) is 0 Å². The van der Waals surface area contributed by atoms with E-state index in [9.17, 15) is 5.26 Å². The van der Waals surface area contributed by atoms with Crippen molar-refractivity contribution >= 4 is 135 Å². The normalized spacial score (nSPS) is 13.3. The van der Waals surface area contributed by atoms with Crippen molar-refractivity contribution in [3.8, 4) is 6.07 Å². The lowest BCUT2D eigenvalue weighted by atomic mass is 9.29. The summed E-state index contributed by atoms with van der Waals surface area (Å²) < 4.78 is 2.62. The Bertz CT molecular complexity index is 3540. The van der Waals surface area contributed by atoms with Gasteiger partial charge in [-0.05, 0) is 112 Å². The number of thiophene rings is 1. The Morgan fingerprint density at radius 3 is 1.74 bits per heavy atom. The molecule has 3 aliphatic rings. The van der Waals surface area contributed by atoms with Crippen LogP contribution < -0.4 is 58.4 Å². The van der Waals surface area contributed by atoms with Crippen LogP contribution in [0.25, 0.3) is 20.2 Å². The quantitative estimate of drug-likeness (QED) is 0.131. The molecule has 65 heavy (non-hydrogen) atoms. The van der Waals surface area contributed by atoms with E-state index < -0.39 is 8.07 Å². The minimum atomic E-state index is -2.90. The lowest BCUT2D eigenvalue weighted by Crippen LogP contribution is -2.75. The molecule has 9 aromatic carbocycles. The highest BCUT2D eigenvalue weighted by Crippen LogP contribution is 2.44. The summed E-state index contributed by atoms with van der Waals surface area (Å²) in [7, 11) is -2.90. The van der Waals surface area contributed by atoms with E-state index in [4.69, 9.17) is 0 Å². The molecule has 0 N–H and O–H groups in total. The molecule has 1 aromatic heterocycles. The van der Waals surface area contributed by atoms with E-state index >= 15 is 0 Å². The van der Waals surface area contributed by atoms with E-state index in [0.717, 1.165) is 0 Å². The second-order valence-corrected chi connectivity index (χ2v) is 24.0. The average molecular weight is 879 g/mol. The van der Waals surface area contributed by atoms with Gasteiger partial charge in [0, 0.05) is 47.0 Å². The van der Waals surface area contributed by atoms with Gasteiger partial charge in [-0.25, -0.2) is 0 Å². The Kier molecular flexibility index (Phi) is 8.68. The predicted octanol–water partition coefficient (Wildman–Crippen LogP) is 7.82. The molecule has 3 aliphatic heterocycles. The monoisotopic (exact) mass is 878 g/mol. The molecule has 2 nitrogen and oxygen atoms in total. The van der Waals surface area contributed by atoms with E-state index in [1.54, 1.807) is 0 Å². The molecular formula is C58H40B2N2S2Si. The Morgan fingerprint density at radius 2 is 1.09 bits per heavy atom. The number of benzene rings is 9. The number of nitrogens with zero attached hydrogens (tertiary/aromatic N) is 2. The Morgan fingerprint density at radius 1 is 0.477 bits per heavy atom. The van der Waals surface area contributed by atoms with Gasteiger partial charge in [0.05, 0.1) is 11.6 Å². The largest absolute Gasteiger partial charge is 0.312 e. The summed E-state index contributed by atoms with van der Waals surface area (Å²) >= 11 is 3.78. The van der Waals surface area contributed by atoms with Gasteiger partial charge in [-0.2, -0.15) is 5.26 Å². The van der Waals surface area contributed by atoms with Gasteiger partial charge in [-0.1, -0.05) is 179 Å². The fourth-order valence-electron chi connectivity index (χ4n) is 12.0. The zero-order valence-electron chi connectivity index (χ0n) is 36.3. The number of hydrogen-bond acceptors (Lipinski definition) is 4. The molecule has 0 saturated carbocycles. The Labute approximate surface area is 390 Å². The van der Waals surface area contributed by atoms with Gasteiger partial charge in [0.15, 0.2) is 8.07 Å². The van der Waals surface area contributed by atoms with Crippen LogP contribution in [0.15, 0.2) is 198 Å². The van der Waals surface area contributed by atoms with E-state index in [2.05, 4.69) is 220 Å². The van der Waals surface area contributed by atoms with Crippen molar-refractivity contribution in [1.82, 2.24) is 0 Å². The minimum Gasteiger partial charge on any atom is -0.312 e. The van der Waals surface area contributed by atoms with Gasteiger partial charge in [-0.15, -0.1) is 11.3 Å². The molecule has 0 amide bonds. The lowest BCUT2D eigenvalue weighted by molar-refractivity contribution is 1.27. The summed E-state index contributed by atoms with van der Waals surface area (Å²) in [6, 6.07) is 73.7. The molecule has 4 heterocycles. The van der Waals surface area contributed by atoms with Gasteiger partial charge < -0.3 is 4.90 Å². The molecule has 0 unspecified atom stereocenters. The zero-order valence-corrected chi connectivity index (χ0v) is 38.9. The summed E-state index contributed by atoms with van der Waals surface area (Å²) in [4.78, 5) is 5.16. The van der Waals surface area contributed by atoms with Crippen molar-refractivity contribution in [3.63, 3.8) is 0 Å². The molecule has 0 radical (unpaired) electrons. The maximum atomic E-state index is 11.0. The molecule has 13 rings (SSSR count). The van der Waals surface area contributed by atoms with Crippen molar-refractivity contribution < 1.29 is 0 Å². The maximum absolute atomic E-state index is 11.0. The first-order valence-corrected chi connectivity index (χ1v) is 26.1. The number of hydrogen-bond donors (Lipinski definition) is 0. The maximum Gasteiger partial charge on any atom is 0.249 e. The van der Waals surface area contributed by atoms with Crippen molar-refractivity contribution in [2.24, 2.45) is 0 Å². The molecule has 0 fully saturated rings. The van der Waals surface area contributed by atoms with Crippen LogP contribution in [0.1, 0.15) is 22.3 Å². The SMILES string of the molecule is Cc1cc(C)c(B2c3cc([Si](c4ccccc4)(c4ccccc4)c4ccccc4)ccc3N3c4cccc5c4B(c4cc6sc7ccccc7c6cc4S5)c4cc(C#N)cc2c43)c(C)c1. The van der Waals surface area contributed by atoms with Gasteiger partial charge in [0.25, 0.3) is 0 Å². The van der Waals surface area contributed by atoms with Gasteiger partial charge in [0.1, 0.15) is 0 Å². The second-order valence-electron chi connectivity index (χ2n) is 18.0. The number of rotatable bonds is 5. The number of nitriles is 1. The topological polar surface area (TPSA) is 27.0 Å². The molecule has 0 atom stereocenters. The van der Waals surface area contributed by atoms with Crippen molar-refractivity contribution in [2.45, 2.75) is 30.6 Å². The van der Waals surface area contributed by atoms with Crippen LogP contribution in [0, 0.1) is 32.1 Å². The van der Waals surface area contributed by atoms with Crippen LogP contribution in [-0.2, 0) is 0 Å². The van der Waals surface area contributed by atoms with Crippen molar-refractivity contribution in [2.75, 3.05) is 4.90 Å². The van der Waals surface area contributed by atoms with Gasteiger partial charge in [0.2, 0.25) is 13.4 Å². The zero-order chi connectivity index (χ0) is 43.6. The van der Waals surface area contributed by atoms with E-state index in [1.807, 2.05) is 23.1 Å². The number of fused-ring (bicyclic) bond motifs is 9. The van der Waals surface area contributed by atoms with Crippen LogP contribution in [0.4, 0.5) is 17.1 Å². The molecule has 0 spiro atoms. The van der Waals surface area contributed by atoms with Crippen molar-refractivity contribution in [3.05, 3.63) is 210 Å². The first kappa shape index (κ1) is 38.6. The van der Waals surface area contributed by atoms with Crippen LogP contribution in [0.3, 0.4) is 0 Å². The number of aryl methyl sites for hydroxylation is 3. The van der Waals surface area contributed by atoms with E-state index in [0.29, 0.717) is 5.56 Å².